The maximum absolute atomic E-state index is 11.8. The molecule has 0 aliphatic rings. The molecule has 0 saturated carbocycles. The maximum Gasteiger partial charge on any atom is 0.343 e. The van der Waals surface area contributed by atoms with Gasteiger partial charge in [0, 0.05) is 11.7 Å². The highest BCUT2D eigenvalue weighted by molar-refractivity contribution is 5.98. The third-order valence-corrected chi connectivity index (χ3v) is 2.94. The summed E-state index contributed by atoms with van der Waals surface area (Å²) in [5.41, 5.74) is 6.13. The van der Waals surface area contributed by atoms with Gasteiger partial charge >= 0.3 is 5.97 Å². The average Bonchev–Trinajstić information content (AvgIpc) is 2.44. The molecule has 0 aliphatic heterocycles. The molecule has 0 fully saturated rings. The van der Waals surface area contributed by atoms with Crippen LogP contribution in [0.25, 0.3) is 0 Å². The van der Waals surface area contributed by atoms with E-state index in [-0.39, 0.29) is 35.6 Å². The average molecular weight is 294 g/mol. The first-order valence-corrected chi connectivity index (χ1v) is 6.88. The van der Waals surface area contributed by atoms with E-state index in [0.29, 0.717) is 0 Å². The van der Waals surface area contributed by atoms with E-state index in [1.165, 1.54) is 7.11 Å². The quantitative estimate of drug-likeness (QED) is 0.590. The van der Waals surface area contributed by atoms with Gasteiger partial charge < -0.3 is 20.5 Å². The highest BCUT2D eigenvalue weighted by atomic mass is 16.5. The third-order valence-electron chi connectivity index (χ3n) is 2.94. The predicted molar refractivity (Wildman–Crippen MR) is 80.2 cm³/mol. The van der Waals surface area contributed by atoms with Crippen molar-refractivity contribution in [3.05, 3.63) is 23.8 Å². The lowest BCUT2D eigenvalue weighted by atomic mass is 10.1. The molecule has 0 spiro atoms. The summed E-state index contributed by atoms with van der Waals surface area (Å²) in [7, 11) is 1.26. The Bertz CT molecular complexity index is 502. The molecule has 1 rings (SSSR count). The number of nitrogens with two attached hydrogens (primary N) is 1. The number of carbonyl (C=O) groups is 2. The third kappa shape index (κ3) is 4.98. The molecule has 0 aliphatic carbocycles. The number of benzene rings is 1. The smallest absolute Gasteiger partial charge is 0.343 e. The van der Waals surface area contributed by atoms with Crippen molar-refractivity contribution in [1.29, 1.82) is 0 Å². The van der Waals surface area contributed by atoms with E-state index >= 15 is 0 Å². The highest BCUT2D eigenvalue weighted by Gasteiger charge is 2.17. The van der Waals surface area contributed by atoms with Crippen LogP contribution in [0.2, 0.25) is 0 Å². The van der Waals surface area contributed by atoms with Crippen molar-refractivity contribution in [3.8, 4) is 5.75 Å². The number of hydrogen-bond acceptors (Lipinski definition) is 5. The van der Waals surface area contributed by atoms with E-state index in [1.54, 1.807) is 18.2 Å². The Labute approximate surface area is 124 Å². The Morgan fingerprint density at radius 1 is 1.38 bits per heavy atom. The number of esters is 1. The maximum atomic E-state index is 11.8. The lowest BCUT2D eigenvalue weighted by molar-refractivity contribution is -0.123. The molecule has 0 saturated heterocycles. The highest BCUT2D eigenvalue weighted by Crippen LogP contribution is 2.25. The van der Waals surface area contributed by atoms with Crippen molar-refractivity contribution in [3.63, 3.8) is 0 Å². The Morgan fingerprint density at radius 3 is 2.71 bits per heavy atom. The van der Waals surface area contributed by atoms with Crippen molar-refractivity contribution in [2.75, 3.05) is 19.5 Å². The summed E-state index contributed by atoms with van der Waals surface area (Å²) >= 11 is 0. The van der Waals surface area contributed by atoms with Crippen molar-refractivity contribution >= 4 is 17.6 Å². The van der Waals surface area contributed by atoms with Crippen LogP contribution in [0.1, 0.15) is 37.0 Å². The predicted octanol–water partition coefficient (Wildman–Crippen LogP) is 1.74. The standard InChI is InChI=1S/C15H22N2O4/c1-4-6-10(2)17-13(18)9-21-12-8-5-7-11(16)14(12)15(19)20-3/h5,7-8,10H,4,6,9,16H2,1-3H3,(H,17,18). The van der Waals surface area contributed by atoms with E-state index < -0.39 is 5.97 Å². The van der Waals surface area contributed by atoms with E-state index in [0.717, 1.165) is 12.8 Å². The van der Waals surface area contributed by atoms with E-state index in [9.17, 15) is 9.59 Å². The second-order valence-electron chi connectivity index (χ2n) is 4.76. The van der Waals surface area contributed by atoms with Crippen molar-refractivity contribution < 1.29 is 19.1 Å². The number of nitrogen functional groups attached to an aromatic ring is 1. The number of ether oxygens (including phenoxy) is 2. The number of anilines is 1. The van der Waals surface area contributed by atoms with Crippen LogP contribution in [0, 0.1) is 0 Å². The number of rotatable bonds is 7. The van der Waals surface area contributed by atoms with Gasteiger partial charge in [0.15, 0.2) is 6.61 Å². The Hall–Kier alpha value is -2.24. The Kier molecular flexibility index (Phi) is 6.52. The Morgan fingerprint density at radius 2 is 2.10 bits per heavy atom. The molecule has 21 heavy (non-hydrogen) atoms. The van der Waals surface area contributed by atoms with Crippen LogP contribution in [0.4, 0.5) is 5.69 Å². The molecule has 1 aromatic carbocycles. The van der Waals surface area contributed by atoms with Crippen molar-refractivity contribution in [2.24, 2.45) is 0 Å². The van der Waals surface area contributed by atoms with Gasteiger partial charge in [-0.05, 0) is 25.5 Å². The van der Waals surface area contributed by atoms with Gasteiger partial charge in [0.2, 0.25) is 0 Å². The minimum absolute atomic E-state index is 0.0898. The molecule has 1 unspecified atom stereocenters. The van der Waals surface area contributed by atoms with Crippen molar-refractivity contribution in [2.45, 2.75) is 32.7 Å². The number of methoxy groups -OCH3 is 1. The Balaban J connectivity index is 2.69. The fraction of sp³-hybridized carbons (Fsp3) is 0.467. The summed E-state index contributed by atoms with van der Waals surface area (Å²) in [5.74, 6) is -0.600. The summed E-state index contributed by atoms with van der Waals surface area (Å²) in [6, 6.07) is 4.88. The fourth-order valence-electron chi connectivity index (χ4n) is 1.95. The second kappa shape index (κ2) is 8.14. The summed E-state index contributed by atoms with van der Waals surface area (Å²) in [6.07, 6.45) is 1.89. The topological polar surface area (TPSA) is 90.6 Å². The van der Waals surface area contributed by atoms with Gasteiger partial charge in [0.1, 0.15) is 11.3 Å². The largest absolute Gasteiger partial charge is 0.483 e. The SMILES string of the molecule is CCCC(C)NC(=O)COc1cccc(N)c1C(=O)OC. The zero-order chi connectivity index (χ0) is 15.8. The molecular weight excluding hydrogens is 272 g/mol. The monoisotopic (exact) mass is 294 g/mol. The molecule has 1 amide bonds. The molecule has 3 N–H and O–H groups in total. The zero-order valence-corrected chi connectivity index (χ0v) is 12.6. The molecule has 1 aromatic rings. The lowest BCUT2D eigenvalue weighted by Crippen LogP contribution is -2.36. The van der Waals surface area contributed by atoms with Crippen LogP contribution >= 0.6 is 0 Å². The lowest BCUT2D eigenvalue weighted by Gasteiger charge is -2.15. The first-order chi connectivity index (χ1) is 9.99. The molecule has 0 aromatic heterocycles. The summed E-state index contributed by atoms with van der Waals surface area (Å²) in [5, 5.41) is 2.82. The van der Waals surface area contributed by atoms with Gasteiger partial charge in [0.25, 0.3) is 5.91 Å². The first kappa shape index (κ1) is 16.8. The number of nitrogens with one attached hydrogen (secondary N) is 1. The van der Waals surface area contributed by atoms with Gasteiger partial charge in [0.05, 0.1) is 7.11 Å². The van der Waals surface area contributed by atoms with Crippen LogP contribution in [0.3, 0.4) is 0 Å². The minimum Gasteiger partial charge on any atom is -0.483 e. The van der Waals surface area contributed by atoms with E-state index in [1.807, 2.05) is 6.92 Å². The first-order valence-electron chi connectivity index (χ1n) is 6.88. The fourth-order valence-corrected chi connectivity index (χ4v) is 1.95. The van der Waals surface area contributed by atoms with Crippen LogP contribution < -0.4 is 15.8 Å². The van der Waals surface area contributed by atoms with Gasteiger partial charge in [-0.2, -0.15) is 0 Å². The molecule has 6 heteroatoms. The van der Waals surface area contributed by atoms with Crippen molar-refractivity contribution in [1.82, 2.24) is 5.32 Å². The minimum atomic E-state index is -0.595. The molecule has 0 radical (unpaired) electrons. The summed E-state index contributed by atoms with van der Waals surface area (Å²) in [4.78, 5) is 23.4. The van der Waals surface area contributed by atoms with E-state index in [2.05, 4.69) is 17.0 Å². The molecule has 0 bridgehead atoms. The molecule has 0 heterocycles. The number of amides is 1. The number of carbonyl (C=O) groups excluding carboxylic acids is 2. The normalized spacial score (nSPS) is 11.6. The zero-order valence-electron chi connectivity index (χ0n) is 12.6. The van der Waals surface area contributed by atoms with Crippen LogP contribution in [-0.2, 0) is 9.53 Å². The van der Waals surface area contributed by atoms with Gasteiger partial charge in [-0.3, -0.25) is 4.79 Å². The molecule has 116 valence electrons. The summed E-state index contributed by atoms with van der Waals surface area (Å²) in [6.45, 7) is 3.80. The van der Waals surface area contributed by atoms with Crippen LogP contribution in [0.5, 0.6) is 5.75 Å². The second-order valence-corrected chi connectivity index (χ2v) is 4.76. The molecular formula is C15H22N2O4. The summed E-state index contributed by atoms with van der Waals surface area (Å²) < 4.78 is 10.1. The van der Waals surface area contributed by atoms with Gasteiger partial charge in [-0.1, -0.05) is 19.4 Å². The van der Waals surface area contributed by atoms with Gasteiger partial charge in [-0.15, -0.1) is 0 Å². The van der Waals surface area contributed by atoms with Gasteiger partial charge in [-0.25, -0.2) is 4.79 Å². The van der Waals surface area contributed by atoms with Crippen LogP contribution in [-0.4, -0.2) is 31.6 Å². The number of hydrogen-bond donors (Lipinski definition) is 2. The molecule has 1 atom stereocenters. The molecule has 6 nitrogen and oxygen atoms in total. The van der Waals surface area contributed by atoms with E-state index in [4.69, 9.17) is 10.5 Å². The van der Waals surface area contributed by atoms with Crippen LogP contribution in [0.15, 0.2) is 18.2 Å².